The highest BCUT2D eigenvalue weighted by Crippen LogP contribution is 2.26. The van der Waals surface area contributed by atoms with Crippen molar-refractivity contribution in [2.45, 2.75) is 0 Å². The van der Waals surface area contributed by atoms with E-state index < -0.39 is 0 Å². The fraction of sp³-hybridized carbons (Fsp3) is 0.222. The average Bonchev–Trinajstić information content (AvgIpc) is 2.21. The molecular weight excluding hydrogens is 269 g/mol. The smallest absolute Gasteiger partial charge is 0.235 e. The third kappa shape index (κ3) is 2.89. The van der Waals surface area contributed by atoms with Gasteiger partial charge < -0.3 is 10.1 Å². The van der Waals surface area contributed by atoms with E-state index in [1.165, 1.54) is 0 Å². The molecule has 0 aliphatic rings. The zero-order valence-corrected chi connectivity index (χ0v) is 9.85. The first kappa shape index (κ1) is 11.3. The van der Waals surface area contributed by atoms with Crippen molar-refractivity contribution < 1.29 is 9.53 Å². The molecule has 5 heteroatoms. The Hall–Kier alpha value is -0.740. The summed E-state index contributed by atoms with van der Waals surface area (Å²) in [7, 11) is 1.55. The maximum atomic E-state index is 11.1. The Balaban J connectivity index is 2.89. The van der Waals surface area contributed by atoms with E-state index in [2.05, 4.69) is 21.2 Å². The predicted molar refractivity (Wildman–Crippen MR) is 60.4 cm³/mol. The molecule has 1 aromatic rings. The first-order valence-electron chi connectivity index (χ1n) is 3.86. The van der Waals surface area contributed by atoms with E-state index in [4.69, 9.17) is 16.3 Å². The van der Waals surface area contributed by atoms with Crippen LogP contribution in [0.25, 0.3) is 0 Å². The molecule has 0 atom stereocenters. The number of halogens is 2. The van der Waals surface area contributed by atoms with Crippen LogP contribution in [0.1, 0.15) is 0 Å². The monoisotopic (exact) mass is 277 g/mol. The van der Waals surface area contributed by atoms with E-state index in [9.17, 15) is 4.79 Å². The van der Waals surface area contributed by atoms with Crippen molar-refractivity contribution in [3.05, 3.63) is 23.2 Å². The standard InChI is InChI=1S/C9H9BrClNO2/c1-14-6-2-3-7(11)8(4-6)12-9(13)5-10/h2-4H,5H2,1H3,(H,12,13). The number of carbonyl (C=O) groups is 1. The van der Waals surface area contributed by atoms with Crippen LogP contribution in [0.15, 0.2) is 18.2 Å². The van der Waals surface area contributed by atoms with Gasteiger partial charge in [-0.2, -0.15) is 0 Å². The van der Waals surface area contributed by atoms with Gasteiger partial charge in [-0.05, 0) is 12.1 Å². The van der Waals surface area contributed by atoms with Crippen molar-refractivity contribution in [1.29, 1.82) is 0 Å². The highest BCUT2D eigenvalue weighted by atomic mass is 79.9. The van der Waals surface area contributed by atoms with Crippen LogP contribution in [0.4, 0.5) is 5.69 Å². The van der Waals surface area contributed by atoms with Crippen LogP contribution in [0.3, 0.4) is 0 Å². The van der Waals surface area contributed by atoms with Gasteiger partial charge in [0.2, 0.25) is 5.91 Å². The predicted octanol–water partition coefficient (Wildman–Crippen LogP) is 2.68. The molecule has 0 fully saturated rings. The summed E-state index contributed by atoms with van der Waals surface area (Å²) < 4.78 is 5.00. The average molecular weight is 279 g/mol. The minimum absolute atomic E-state index is 0.153. The zero-order chi connectivity index (χ0) is 10.6. The molecule has 0 aliphatic heterocycles. The molecule has 3 nitrogen and oxygen atoms in total. The highest BCUT2D eigenvalue weighted by Gasteiger charge is 2.05. The van der Waals surface area contributed by atoms with Crippen LogP contribution in [-0.2, 0) is 4.79 Å². The van der Waals surface area contributed by atoms with E-state index in [-0.39, 0.29) is 11.2 Å². The third-order valence-electron chi connectivity index (χ3n) is 1.57. The number of rotatable bonds is 3. The van der Waals surface area contributed by atoms with Gasteiger partial charge in [-0.25, -0.2) is 0 Å². The number of ether oxygens (including phenoxy) is 1. The Kier molecular flexibility index (Phi) is 4.22. The number of anilines is 1. The second-order valence-corrected chi connectivity index (χ2v) is 3.50. The van der Waals surface area contributed by atoms with E-state index >= 15 is 0 Å². The summed E-state index contributed by atoms with van der Waals surface area (Å²) in [6.07, 6.45) is 0. The number of nitrogens with one attached hydrogen (secondary N) is 1. The maximum absolute atomic E-state index is 11.1. The van der Waals surface area contributed by atoms with Crippen LogP contribution in [0.2, 0.25) is 5.02 Å². The van der Waals surface area contributed by atoms with E-state index in [1.807, 2.05) is 0 Å². The molecule has 14 heavy (non-hydrogen) atoms. The lowest BCUT2D eigenvalue weighted by atomic mass is 10.3. The lowest BCUT2D eigenvalue weighted by molar-refractivity contribution is -0.113. The number of alkyl halides is 1. The molecule has 1 N–H and O–H groups in total. The number of benzene rings is 1. The maximum Gasteiger partial charge on any atom is 0.235 e. The molecule has 0 saturated heterocycles. The Morgan fingerprint density at radius 2 is 2.36 bits per heavy atom. The van der Waals surface area contributed by atoms with Crippen molar-refractivity contribution in [2.75, 3.05) is 17.8 Å². The molecule has 0 unspecified atom stereocenters. The van der Waals surface area contributed by atoms with Crippen LogP contribution in [0.5, 0.6) is 5.75 Å². The van der Waals surface area contributed by atoms with Gasteiger partial charge in [0, 0.05) is 6.07 Å². The van der Waals surface area contributed by atoms with Crippen molar-refractivity contribution in [3.8, 4) is 5.75 Å². The molecule has 0 bridgehead atoms. The fourth-order valence-electron chi connectivity index (χ4n) is 0.911. The number of methoxy groups -OCH3 is 1. The van der Waals surface area contributed by atoms with Gasteiger partial charge in [0.05, 0.1) is 23.1 Å². The van der Waals surface area contributed by atoms with Crippen molar-refractivity contribution >= 4 is 39.1 Å². The first-order chi connectivity index (χ1) is 6.67. The first-order valence-corrected chi connectivity index (χ1v) is 5.36. The molecular formula is C9H9BrClNO2. The molecule has 1 amide bonds. The Morgan fingerprint density at radius 1 is 1.64 bits per heavy atom. The molecule has 1 aromatic carbocycles. The normalized spacial score (nSPS) is 9.64. The Morgan fingerprint density at radius 3 is 2.93 bits per heavy atom. The summed E-state index contributed by atoms with van der Waals surface area (Å²) in [6, 6.07) is 5.07. The van der Waals surface area contributed by atoms with Crippen molar-refractivity contribution in [3.63, 3.8) is 0 Å². The van der Waals surface area contributed by atoms with Gasteiger partial charge in [0.25, 0.3) is 0 Å². The topological polar surface area (TPSA) is 38.3 Å². The molecule has 0 aliphatic carbocycles. The van der Waals surface area contributed by atoms with Crippen LogP contribution in [-0.4, -0.2) is 18.3 Å². The van der Waals surface area contributed by atoms with Gasteiger partial charge in [-0.1, -0.05) is 27.5 Å². The summed E-state index contributed by atoms with van der Waals surface area (Å²) in [4.78, 5) is 11.1. The van der Waals surface area contributed by atoms with Gasteiger partial charge in [-0.15, -0.1) is 0 Å². The Labute approximate surface area is 95.5 Å². The number of hydrogen-bond acceptors (Lipinski definition) is 2. The lowest BCUT2D eigenvalue weighted by Gasteiger charge is -2.07. The van der Waals surface area contributed by atoms with Gasteiger partial charge in [0.1, 0.15) is 5.75 Å². The second kappa shape index (κ2) is 5.22. The van der Waals surface area contributed by atoms with Crippen LogP contribution >= 0.6 is 27.5 Å². The van der Waals surface area contributed by atoms with E-state index in [1.54, 1.807) is 25.3 Å². The molecule has 0 heterocycles. The molecule has 0 saturated carbocycles. The van der Waals surface area contributed by atoms with E-state index in [0.29, 0.717) is 16.5 Å². The molecule has 1 rings (SSSR count). The fourth-order valence-corrected chi connectivity index (χ4v) is 1.22. The largest absolute Gasteiger partial charge is 0.497 e. The van der Waals surface area contributed by atoms with Gasteiger partial charge >= 0.3 is 0 Å². The highest BCUT2D eigenvalue weighted by molar-refractivity contribution is 9.09. The second-order valence-electron chi connectivity index (χ2n) is 2.53. The number of amides is 1. The molecule has 0 aromatic heterocycles. The third-order valence-corrected chi connectivity index (χ3v) is 2.41. The van der Waals surface area contributed by atoms with Crippen LogP contribution < -0.4 is 10.1 Å². The molecule has 76 valence electrons. The SMILES string of the molecule is COc1ccc(Cl)c(NC(=O)CBr)c1. The number of carbonyl (C=O) groups excluding carboxylic acids is 1. The lowest BCUT2D eigenvalue weighted by Crippen LogP contribution is -2.12. The minimum atomic E-state index is -0.153. The van der Waals surface area contributed by atoms with Gasteiger partial charge in [-0.3, -0.25) is 4.79 Å². The summed E-state index contributed by atoms with van der Waals surface area (Å²) in [5, 5.41) is 3.36. The number of hydrogen-bond donors (Lipinski definition) is 1. The summed E-state index contributed by atoms with van der Waals surface area (Å²) in [6.45, 7) is 0. The van der Waals surface area contributed by atoms with Crippen molar-refractivity contribution in [2.24, 2.45) is 0 Å². The molecule has 0 spiro atoms. The Bertz CT molecular complexity index is 344. The minimum Gasteiger partial charge on any atom is -0.497 e. The zero-order valence-electron chi connectivity index (χ0n) is 7.51. The van der Waals surface area contributed by atoms with E-state index in [0.717, 1.165) is 0 Å². The van der Waals surface area contributed by atoms with Crippen molar-refractivity contribution in [1.82, 2.24) is 0 Å². The molecule has 0 radical (unpaired) electrons. The van der Waals surface area contributed by atoms with Gasteiger partial charge in [0.15, 0.2) is 0 Å². The quantitative estimate of drug-likeness (QED) is 0.863. The summed E-state index contributed by atoms with van der Waals surface area (Å²) >= 11 is 8.91. The summed E-state index contributed by atoms with van der Waals surface area (Å²) in [5.41, 5.74) is 0.551. The summed E-state index contributed by atoms with van der Waals surface area (Å²) in [5.74, 6) is 0.499. The van der Waals surface area contributed by atoms with Crippen LogP contribution in [0, 0.1) is 0 Å².